The first-order valence-corrected chi connectivity index (χ1v) is 10.1. The van der Waals surface area contributed by atoms with Crippen LogP contribution in [0.25, 0.3) is 5.57 Å². The van der Waals surface area contributed by atoms with Gasteiger partial charge in [0, 0.05) is 17.8 Å². The Hall–Kier alpha value is -3.28. The summed E-state index contributed by atoms with van der Waals surface area (Å²) in [7, 11) is 1.58. The Balaban J connectivity index is 1.98. The number of amides is 2. The zero-order valence-corrected chi connectivity index (χ0v) is 18.1. The molecule has 6 nitrogen and oxygen atoms in total. The minimum absolute atomic E-state index is 0.252. The van der Waals surface area contributed by atoms with Gasteiger partial charge in [0.1, 0.15) is 17.2 Å². The van der Waals surface area contributed by atoms with Gasteiger partial charge in [0.2, 0.25) is 0 Å². The van der Waals surface area contributed by atoms with Gasteiger partial charge >= 0.3 is 0 Å². The summed E-state index contributed by atoms with van der Waals surface area (Å²) in [4.78, 5) is 27.5. The molecule has 3 rings (SSSR count). The van der Waals surface area contributed by atoms with Gasteiger partial charge in [0.25, 0.3) is 11.8 Å². The number of hydrogen-bond acceptors (Lipinski definition) is 5. The molecule has 0 bridgehead atoms. The Morgan fingerprint density at radius 1 is 0.933 bits per heavy atom. The van der Waals surface area contributed by atoms with Crippen LogP contribution in [-0.4, -0.2) is 36.5 Å². The number of methoxy groups -OCH3 is 1. The van der Waals surface area contributed by atoms with Crippen LogP contribution < -0.4 is 14.8 Å². The minimum Gasteiger partial charge on any atom is -0.497 e. The lowest BCUT2D eigenvalue weighted by Crippen LogP contribution is -2.38. The topological polar surface area (TPSA) is 67.9 Å². The number of carbonyl (C=O) groups is 2. The normalized spacial score (nSPS) is 14.2. The highest BCUT2D eigenvalue weighted by Crippen LogP contribution is 2.33. The molecule has 2 aromatic carbocycles. The van der Waals surface area contributed by atoms with Gasteiger partial charge in [-0.15, -0.1) is 0 Å². The minimum atomic E-state index is -0.340. The lowest BCUT2D eigenvalue weighted by Gasteiger charge is -2.19. The summed E-state index contributed by atoms with van der Waals surface area (Å²) >= 11 is 0. The van der Waals surface area contributed by atoms with Gasteiger partial charge in [0.15, 0.2) is 0 Å². The average molecular weight is 408 g/mol. The molecule has 1 aliphatic heterocycles. The predicted molar refractivity (Wildman–Crippen MR) is 117 cm³/mol. The van der Waals surface area contributed by atoms with E-state index >= 15 is 0 Å². The molecular weight excluding hydrogens is 380 g/mol. The van der Waals surface area contributed by atoms with Crippen LogP contribution in [0.2, 0.25) is 0 Å². The van der Waals surface area contributed by atoms with Gasteiger partial charge in [0.05, 0.1) is 19.3 Å². The molecule has 2 aromatic rings. The molecule has 1 N–H and O–H groups in total. The summed E-state index contributed by atoms with van der Waals surface area (Å²) in [5.41, 5.74) is 1.95. The van der Waals surface area contributed by atoms with Crippen molar-refractivity contribution in [2.24, 2.45) is 5.92 Å². The zero-order valence-electron chi connectivity index (χ0n) is 18.1. The largest absolute Gasteiger partial charge is 0.497 e. The van der Waals surface area contributed by atoms with E-state index in [1.54, 1.807) is 13.2 Å². The highest BCUT2D eigenvalue weighted by molar-refractivity contribution is 6.36. The van der Waals surface area contributed by atoms with Crippen molar-refractivity contribution in [3.63, 3.8) is 0 Å². The van der Waals surface area contributed by atoms with E-state index in [4.69, 9.17) is 9.47 Å². The number of carbonyl (C=O) groups excluding carboxylic acids is 2. The van der Waals surface area contributed by atoms with Crippen LogP contribution >= 0.6 is 0 Å². The van der Waals surface area contributed by atoms with E-state index in [1.165, 1.54) is 4.90 Å². The van der Waals surface area contributed by atoms with Gasteiger partial charge in [-0.3, -0.25) is 14.5 Å². The summed E-state index contributed by atoms with van der Waals surface area (Å²) in [5.74, 6) is 1.16. The number of rotatable bonds is 8. The van der Waals surface area contributed by atoms with Crippen molar-refractivity contribution < 1.29 is 19.1 Å². The number of nitrogens with one attached hydrogen (secondary N) is 1. The molecule has 0 aliphatic carbocycles. The summed E-state index contributed by atoms with van der Waals surface area (Å²) < 4.78 is 11.0. The monoisotopic (exact) mass is 408 g/mol. The van der Waals surface area contributed by atoms with Crippen LogP contribution in [0.1, 0.15) is 33.3 Å². The van der Waals surface area contributed by atoms with E-state index in [0.29, 0.717) is 35.1 Å². The van der Waals surface area contributed by atoms with Crippen LogP contribution in [0.5, 0.6) is 11.5 Å². The quantitative estimate of drug-likeness (QED) is 0.659. The summed E-state index contributed by atoms with van der Waals surface area (Å²) in [5, 5.41) is 3.14. The molecule has 6 heteroatoms. The van der Waals surface area contributed by atoms with Crippen molar-refractivity contribution in [3.8, 4) is 11.5 Å². The number of imide groups is 1. The molecule has 0 spiro atoms. The van der Waals surface area contributed by atoms with E-state index in [2.05, 4.69) is 19.2 Å². The Bertz CT molecular complexity index is 961. The number of nitrogens with zero attached hydrogens (tertiary/aromatic N) is 1. The second-order valence-electron chi connectivity index (χ2n) is 7.91. The first-order chi connectivity index (χ1) is 14.3. The highest BCUT2D eigenvalue weighted by atomic mass is 16.5. The molecule has 2 amide bonds. The highest BCUT2D eigenvalue weighted by Gasteiger charge is 2.40. The maximum absolute atomic E-state index is 13.1. The van der Waals surface area contributed by atoms with Crippen molar-refractivity contribution in [2.75, 3.05) is 19.0 Å². The Morgan fingerprint density at radius 2 is 1.63 bits per heavy atom. The second-order valence-corrected chi connectivity index (χ2v) is 7.91. The standard InChI is InChI=1S/C24H28N2O4/c1-15(2)14-30-19-11-9-17(10-12-19)21-22(24(28)26(16(3)4)23(21)27)25-18-7-6-8-20(13-18)29-5/h6-13,15-16,25H,14H2,1-5H3. The lowest BCUT2D eigenvalue weighted by molar-refractivity contribution is -0.138. The van der Waals surface area contributed by atoms with Crippen LogP contribution in [0.4, 0.5) is 5.69 Å². The van der Waals surface area contributed by atoms with Crippen molar-refractivity contribution in [2.45, 2.75) is 33.7 Å². The van der Waals surface area contributed by atoms with Crippen molar-refractivity contribution in [1.29, 1.82) is 0 Å². The van der Waals surface area contributed by atoms with Gasteiger partial charge < -0.3 is 14.8 Å². The molecule has 0 aromatic heterocycles. The van der Waals surface area contributed by atoms with Gasteiger partial charge in [-0.25, -0.2) is 0 Å². The van der Waals surface area contributed by atoms with Crippen molar-refractivity contribution >= 4 is 23.1 Å². The fourth-order valence-electron chi connectivity index (χ4n) is 3.23. The summed E-state index contributed by atoms with van der Waals surface area (Å²) in [6.45, 7) is 8.43. The van der Waals surface area contributed by atoms with E-state index in [-0.39, 0.29) is 23.6 Å². The first kappa shape index (κ1) is 21.4. The Labute approximate surface area is 177 Å². The van der Waals surface area contributed by atoms with Crippen LogP contribution in [0.3, 0.4) is 0 Å². The van der Waals surface area contributed by atoms with Crippen molar-refractivity contribution in [3.05, 3.63) is 59.8 Å². The number of hydrogen-bond donors (Lipinski definition) is 1. The predicted octanol–water partition coefficient (Wildman–Crippen LogP) is 4.33. The van der Waals surface area contributed by atoms with E-state index < -0.39 is 0 Å². The molecular formula is C24H28N2O4. The Kier molecular flexibility index (Phi) is 6.45. The van der Waals surface area contributed by atoms with Crippen LogP contribution in [0, 0.1) is 5.92 Å². The summed E-state index contributed by atoms with van der Waals surface area (Å²) in [6, 6.07) is 14.3. The Morgan fingerprint density at radius 3 is 2.23 bits per heavy atom. The molecule has 1 aliphatic rings. The number of anilines is 1. The molecule has 0 unspecified atom stereocenters. The summed E-state index contributed by atoms with van der Waals surface area (Å²) in [6.07, 6.45) is 0. The third-order valence-electron chi connectivity index (χ3n) is 4.70. The molecule has 0 saturated heterocycles. The smallest absolute Gasteiger partial charge is 0.278 e. The second kappa shape index (κ2) is 9.03. The molecule has 158 valence electrons. The maximum atomic E-state index is 13.1. The van der Waals surface area contributed by atoms with Crippen molar-refractivity contribution in [1.82, 2.24) is 4.90 Å². The molecule has 0 saturated carbocycles. The molecule has 0 fully saturated rings. The third kappa shape index (κ3) is 4.48. The van der Waals surface area contributed by atoms with E-state index in [0.717, 1.165) is 5.75 Å². The lowest BCUT2D eigenvalue weighted by atomic mass is 10.0. The average Bonchev–Trinajstić information content (AvgIpc) is 2.96. The first-order valence-electron chi connectivity index (χ1n) is 10.1. The van der Waals surface area contributed by atoms with Crippen LogP contribution in [-0.2, 0) is 9.59 Å². The maximum Gasteiger partial charge on any atom is 0.278 e. The number of ether oxygens (including phenoxy) is 2. The van der Waals surface area contributed by atoms with Gasteiger partial charge in [-0.2, -0.15) is 0 Å². The fourth-order valence-corrected chi connectivity index (χ4v) is 3.23. The van der Waals surface area contributed by atoms with E-state index in [9.17, 15) is 9.59 Å². The third-order valence-corrected chi connectivity index (χ3v) is 4.70. The zero-order chi connectivity index (χ0) is 21.8. The van der Waals surface area contributed by atoms with Gasteiger partial charge in [-0.05, 0) is 49.6 Å². The molecule has 0 atom stereocenters. The number of benzene rings is 2. The van der Waals surface area contributed by atoms with E-state index in [1.807, 2.05) is 56.3 Å². The molecule has 30 heavy (non-hydrogen) atoms. The molecule has 0 radical (unpaired) electrons. The fraction of sp³-hybridized carbons (Fsp3) is 0.333. The molecule has 1 heterocycles. The SMILES string of the molecule is COc1cccc(NC2=C(c3ccc(OCC(C)C)cc3)C(=O)N(C(C)C)C2=O)c1. The van der Waals surface area contributed by atoms with Gasteiger partial charge in [-0.1, -0.05) is 32.0 Å². The van der Waals surface area contributed by atoms with Crippen LogP contribution in [0.15, 0.2) is 54.2 Å².